The first kappa shape index (κ1) is 20.1. The first-order valence-electron chi connectivity index (χ1n) is 9.75. The molecule has 3 aromatic rings. The third-order valence-electron chi connectivity index (χ3n) is 5.02. The van der Waals surface area contributed by atoms with E-state index in [1.54, 1.807) is 12.7 Å². The third kappa shape index (κ3) is 4.38. The summed E-state index contributed by atoms with van der Waals surface area (Å²) in [5.41, 5.74) is 6.94. The molecule has 30 heavy (non-hydrogen) atoms. The predicted molar refractivity (Wildman–Crippen MR) is 113 cm³/mol. The summed E-state index contributed by atoms with van der Waals surface area (Å²) in [5.74, 6) is 0.493. The van der Waals surface area contributed by atoms with Gasteiger partial charge in [0.1, 0.15) is 5.52 Å². The monoisotopic (exact) mass is 430 g/mol. The molecule has 11 heteroatoms. The van der Waals surface area contributed by atoms with Crippen LogP contribution in [0.15, 0.2) is 12.7 Å². The number of anilines is 1. The second-order valence-corrected chi connectivity index (χ2v) is 7.54. The molecular weight excluding hydrogens is 408 g/mol. The number of unbranched alkanes of at least 4 members (excludes halogenated alkanes) is 1. The van der Waals surface area contributed by atoms with E-state index in [4.69, 9.17) is 22.1 Å². The summed E-state index contributed by atoms with van der Waals surface area (Å²) >= 11 is 5.87. The fourth-order valence-corrected chi connectivity index (χ4v) is 3.60. The van der Waals surface area contributed by atoms with Crippen LogP contribution in [-0.2, 0) is 18.3 Å². The molecule has 1 amide bonds. The SMILES string of the molecule is Cn1cnc2c1=CC(CNC(=O)OCCCCn1cnc3c(N)nc(Cl)nc31)CC=2. The van der Waals surface area contributed by atoms with Crippen LogP contribution in [-0.4, -0.2) is 48.3 Å². The summed E-state index contributed by atoms with van der Waals surface area (Å²) < 4.78 is 9.12. The van der Waals surface area contributed by atoms with Gasteiger partial charge in [-0.1, -0.05) is 12.2 Å². The molecule has 1 unspecified atom stereocenters. The summed E-state index contributed by atoms with van der Waals surface area (Å²) in [5, 5.41) is 5.01. The second kappa shape index (κ2) is 8.70. The van der Waals surface area contributed by atoms with Crippen molar-refractivity contribution < 1.29 is 9.53 Å². The number of halogens is 1. The van der Waals surface area contributed by atoms with Gasteiger partial charge >= 0.3 is 6.09 Å². The maximum Gasteiger partial charge on any atom is 0.407 e. The third-order valence-corrected chi connectivity index (χ3v) is 5.19. The minimum atomic E-state index is -0.403. The molecule has 3 aromatic heterocycles. The zero-order valence-electron chi connectivity index (χ0n) is 16.6. The molecule has 0 saturated carbocycles. The molecule has 1 aliphatic rings. The number of nitrogen functional groups attached to an aromatic ring is 1. The van der Waals surface area contributed by atoms with Crippen LogP contribution in [0.4, 0.5) is 10.6 Å². The van der Waals surface area contributed by atoms with Crippen LogP contribution in [0.1, 0.15) is 19.3 Å². The van der Waals surface area contributed by atoms with Crippen LogP contribution in [0, 0.1) is 5.92 Å². The number of ether oxygens (including phenoxy) is 1. The molecule has 0 bridgehead atoms. The van der Waals surface area contributed by atoms with Gasteiger partial charge in [-0.25, -0.2) is 14.8 Å². The van der Waals surface area contributed by atoms with E-state index in [9.17, 15) is 4.79 Å². The second-order valence-electron chi connectivity index (χ2n) is 7.20. The first-order chi connectivity index (χ1) is 14.5. The van der Waals surface area contributed by atoms with Crippen LogP contribution in [0.2, 0.25) is 5.28 Å². The van der Waals surface area contributed by atoms with E-state index in [0.717, 1.165) is 23.5 Å². The molecule has 1 atom stereocenters. The van der Waals surface area contributed by atoms with Crippen LogP contribution in [0.3, 0.4) is 0 Å². The van der Waals surface area contributed by atoms with Crippen molar-refractivity contribution in [2.75, 3.05) is 18.9 Å². The Balaban J connectivity index is 1.18. The Morgan fingerprint density at radius 2 is 2.20 bits per heavy atom. The van der Waals surface area contributed by atoms with Gasteiger partial charge < -0.3 is 24.9 Å². The van der Waals surface area contributed by atoms with Gasteiger partial charge in [-0.05, 0) is 30.9 Å². The fraction of sp³-hybridized carbons (Fsp3) is 0.421. The van der Waals surface area contributed by atoms with Gasteiger partial charge in [0, 0.05) is 26.1 Å². The van der Waals surface area contributed by atoms with Crippen molar-refractivity contribution >= 4 is 46.8 Å². The predicted octanol–water partition coefficient (Wildman–Crippen LogP) is 0.583. The van der Waals surface area contributed by atoms with Crippen LogP contribution in [0.5, 0.6) is 0 Å². The van der Waals surface area contributed by atoms with Crippen molar-refractivity contribution in [1.82, 2.24) is 34.4 Å². The number of nitrogens with zero attached hydrogens (tertiary/aromatic N) is 6. The number of carbonyl (C=O) groups is 1. The maximum absolute atomic E-state index is 12.0. The Hall–Kier alpha value is -3.14. The molecule has 0 saturated heterocycles. The highest BCUT2D eigenvalue weighted by atomic mass is 35.5. The zero-order valence-corrected chi connectivity index (χ0v) is 17.3. The summed E-state index contributed by atoms with van der Waals surface area (Å²) in [7, 11) is 1.96. The van der Waals surface area contributed by atoms with E-state index in [1.807, 2.05) is 16.2 Å². The molecule has 0 radical (unpaired) electrons. The van der Waals surface area contributed by atoms with E-state index in [0.29, 0.717) is 37.3 Å². The lowest BCUT2D eigenvalue weighted by Crippen LogP contribution is -2.36. The van der Waals surface area contributed by atoms with Crippen molar-refractivity contribution in [1.29, 1.82) is 0 Å². The average Bonchev–Trinajstić information content (AvgIpc) is 3.30. The molecular formula is C19H23ClN8O2. The number of hydrogen-bond donors (Lipinski definition) is 2. The smallest absolute Gasteiger partial charge is 0.407 e. The minimum Gasteiger partial charge on any atom is -0.450 e. The number of imidazole rings is 2. The summed E-state index contributed by atoms with van der Waals surface area (Å²) in [4.78, 5) is 28.6. The fourth-order valence-electron chi connectivity index (χ4n) is 3.43. The molecule has 0 fully saturated rings. The number of nitrogens with one attached hydrogen (secondary N) is 1. The molecule has 4 rings (SSSR count). The largest absolute Gasteiger partial charge is 0.450 e. The Kier molecular flexibility index (Phi) is 5.84. The highest BCUT2D eigenvalue weighted by Gasteiger charge is 2.12. The van der Waals surface area contributed by atoms with Gasteiger partial charge in [0.25, 0.3) is 0 Å². The lowest BCUT2D eigenvalue weighted by atomic mass is 10.0. The Labute approximate surface area is 177 Å². The Morgan fingerprint density at radius 3 is 3.07 bits per heavy atom. The summed E-state index contributed by atoms with van der Waals surface area (Å²) in [6.45, 7) is 1.53. The molecule has 0 aliphatic heterocycles. The van der Waals surface area contributed by atoms with E-state index in [-0.39, 0.29) is 17.0 Å². The maximum atomic E-state index is 12.0. The van der Waals surface area contributed by atoms with Gasteiger partial charge in [0.05, 0.1) is 30.0 Å². The van der Waals surface area contributed by atoms with Gasteiger partial charge in [0.15, 0.2) is 11.5 Å². The van der Waals surface area contributed by atoms with Crippen LogP contribution >= 0.6 is 11.6 Å². The highest BCUT2D eigenvalue weighted by molar-refractivity contribution is 6.28. The number of rotatable bonds is 7. The number of aromatic nitrogens is 6. The van der Waals surface area contributed by atoms with Crippen molar-refractivity contribution in [3.05, 3.63) is 28.6 Å². The zero-order chi connectivity index (χ0) is 21.1. The number of aryl methyl sites for hydroxylation is 2. The number of amides is 1. The average molecular weight is 431 g/mol. The van der Waals surface area contributed by atoms with Crippen molar-refractivity contribution in [2.45, 2.75) is 25.8 Å². The van der Waals surface area contributed by atoms with Gasteiger partial charge in [0.2, 0.25) is 5.28 Å². The van der Waals surface area contributed by atoms with Gasteiger partial charge in [-0.2, -0.15) is 9.97 Å². The van der Waals surface area contributed by atoms with Crippen LogP contribution in [0.25, 0.3) is 23.3 Å². The highest BCUT2D eigenvalue weighted by Crippen LogP contribution is 2.18. The van der Waals surface area contributed by atoms with Crippen molar-refractivity contribution in [2.24, 2.45) is 13.0 Å². The van der Waals surface area contributed by atoms with Crippen LogP contribution < -0.4 is 21.7 Å². The lowest BCUT2D eigenvalue weighted by Gasteiger charge is -2.14. The Morgan fingerprint density at radius 1 is 1.33 bits per heavy atom. The standard InChI is InChI=1S/C19H23ClN8O2/c1-27-10-23-13-5-4-12(8-14(13)27)9-22-19(29)30-7-3-2-6-28-11-24-15-16(21)25-18(20)26-17(15)28/h5,8,10-12H,2-4,6-7,9H2,1H3,(H,22,29)(H2,21,25,26). The van der Waals surface area contributed by atoms with E-state index in [2.05, 4.69) is 37.4 Å². The molecule has 158 valence electrons. The van der Waals surface area contributed by atoms with E-state index in [1.165, 1.54) is 0 Å². The topological polar surface area (TPSA) is 126 Å². The normalized spacial score (nSPS) is 15.3. The minimum absolute atomic E-state index is 0.0918. The van der Waals surface area contributed by atoms with Crippen molar-refractivity contribution in [3.8, 4) is 0 Å². The van der Waals surface area contributed by atoms with Gasteiger partial charge in [-0.15, -0.1) is 0 Å². The number of nitrogens with two attached hydrogens (primary N) is 1. The molecule has 1 aliphatic carbocycles. The number of carbonyl (C=O) groups excluding carboxylic acids is 1. The number of hydrogen-bond acceptors (Lipinski definition) is 7. The molecule has 0 aromatic carbocycles. The quantitative estimate of drug-likeness (QED) is 0.414. The molecule has 3 heterocycles. The molecule has 0 spiro atoms. The van der Waals surface area contributed by atoms with E-state index < -0.39 is 6.09 Å². The summed E-state index contributed by atoms with van der Waals surface area (Å²) in [6.07, 6.45) is 9.63. The lowest BCUT2D eigenvalue weighted by molar-refractivity contribution is 0.143. The Bertz CT molecular complexity index is 1190. The first-order valence-corrected chi connectivity index (χ1v) is 10.1. The molecule has 10 nitrogen and oxygen atoms in total. The number of fused-ring (bicyclic) bond motifs is 2. The van der Waals surface area contributed by atoms with Crippen molar-refractivity contribution in [3.63, 3.8) is 0 Å². The van der Waals surface area contributed by atoms with E-state index >= 15 is 0 Å². The number of alkyl carbamates (subject to hydrolysis) is 1. The summed E-state index contributed by atoms with van der Waals surface area (Å²) in [6, 6.07) is 0. The van der Waals surface area contributed by atoms with Gasteiger partial charge in [-0.3, -0.25) is 0 Å². The molecule has 3 N–H and O–H groups in total.